The molecule has 2 spiro atoms. The van der Waals surface area contributed by atoms with E-state index in [9.17, 15) is 20.4 Å². The van der Waals surface area contributed by atoms with E-state index < -0.39 is 18.3 Å². The van der Waals surface area contributed by atoms with Crippen LogP contribution in [0, 0.1) is 50.7 Å². The fourth-order valence-electron chi connectivity index (χ4n) is 11.3. The Morgan fingerprint density at radius 1 is 0.853 bits per heavy atom. The Kier molecular flexibility index (Phi) is 5.76. The molecule has 4 heteroatoms. The third-order valence-electron chi connectivity index (χ3n) is 13.8. The van der Waals surface area contributed by atoms with Crippen LogP contribution in [-0.4, -0.2) is 44.8 Å². The van der Waals surface area contributed by atoms with Crippen molar-refractivity contribution in [2.45, 2.75) is 130 Å². The first-order valence-electron chi connectivity index (χ1n) is 14.4. The van der Waals surface area contributed by atoms with E-state index >= 15 is 0 Å². The topological polar surface area (TPSA) is 80.9 Å². The molecule has 196 valence electrons. The molecule has 0 aromatic heterocycles. The van der Waals surface area contributed by atoms with E-state index in [4.69, 9.17) is 0 Å². The minimum absolute atomic E-state index is 0.0533. The van der Waals surface area contributed by atoms with Gasteiger partial charge in [0.2, 0.25) is 0 Å². The third-order valence-corrected chi connectivity index (χ3v) is 13.8. The van der Waals surface area contributed by atoms with Crippen LogP contribution < -0.4 is 0 Å². The first-order valence-corrected chi connectivity index (χ1v) is 14.4. The molecule has 5 aliphatic rings. The number of aliphatic hydroxyl groups is 4. The molecular formula is C30H52O4. The molecule has 5 aliphatic carbocycles. The monoisotopic (exact) mass is 476 g/mol. The molecule has 5 saturated carbocycles. The SMILES string of the molecule is C[C@H](CC[C@H](O)[C@](C)(O)CO)[C@H]1CC[C@@]2(C)[C@@H]3CC[C@H]4C(C)(C)[C@@H](O)CC[C@@]45C[C@@]35CC[C@]12C. The second-order valence-corrected chi connectivity index (χ2v) is 15.1. The predicted octanol–water partition coefficient (Wildman–Crippen LogP) is 5.31. The molecule has 5 fully saturated rings. The van der Waals surface area contributed by atoms with Crippen molar-refractivity contribution in [2.24, 2.45) is 50.7 Å². The van der Waals surface area contributed by atoms with Gasteiger partial charge in [0, 0.05) is 0 Å². The Balaban J connectivity index is 1.35. The van der Waals surface area contributed by atoms with Crippen molar-refractivity contribution < 1.29 is 20.4 Å². The first kappa shape index (κ1) is 25.5. The molecule has 0 radical (unpaired) electrons. The lowest BCUT2D eigenvalue weighted by molar-refractivity contribution is -0.162. The van der Waals surface area contributed by atoms with Crippen molar-refractivity contribution >= 4 is 0 Å². The first-order chi connectivity index (χ1) is 15.7. The standard InChI is InChI=1S/C30H52O4/c1-19(7-10-24(33)28(6,34)18-31)20-11-13-27(5)22-9-8-21-25(2,3)23(32)12-14-29(21)17-30(22,29)16-15-26(20,27)4/h19-24,31-34H,7-18H2,1-6H3/t19-,20-,21+,22+,23+,24+,26-,27+,28-,29-,30+/m1/s1. The summed E-state index contributed by atoms with van der Waals surface area (Å²) in [6.07, 6.45) is 12.0. The van der Waals surface area contributed by atoms with Gasteiger partial charge in [-0.1, -0.05) is 34.6 Å². The molecule has 4 nitrogen and oxygen atoms in total. The summed E-state index contributed by atoms with van der Waals surface area (Å²) in [7, 11) is 0. The Morgan fingerprint density at radius 3 is 2.18 bits per heavy atom. The molecular weight excluding hydrogens is 424 g/mol. The maximum Gasteiger partial charge on any atom is 0.111 e. The van der Waals surface area contributed by atoms with Crippen LogP contribution >= 0.6 is 0 Å². The Labute approximate surface area is 207 Å². The highest BCUT2D eigenvalue weighted by Gasteiger charge is 2.82. The summed E-state index contributed by atoms with van der Waals surface area (Å²) in [5, 5.41) is 41.0. The molecule has 5 rings (SSSR count). The van der Waals surface area contributed by atoms with Gasteiger partial charge in [-0.2, -0.15) is 0 Å². The molecule has 34 heavy (non-hydrogen) atoms. The summed E-state index contributed by atoms with van der Waals surface area (Å²) < 4.78 is 0. The van der Waals surface area contributed by atoms with Crippen LogP contribution in [0.1, 0.15) is 112 Å². The maximum atomic E-state index is 10.8. The molecule has 0 aliphatic heterocycles. The van der Waals surface area contributed by atoms with Gasteiger partial charge in [-0.25, -0.2) is 0 Å². The van der Waals surface area contributed by atoms with Crippen LogP contribution in [0.15, 0.2) is 0 Å². The van der Waals surface area contributed by atoms with Crippen molar-refractivity contribution in [3.63, 3.8) is 0 Å². The van der Waals surface area contributed by atoms with Crippen molar-refractivity contribution in [3.05, 3.63) is 0 Å². The summed E-state index contributed by atoms with van der Waals surface area (Å²) in [4.78, 5) is 0. The smallest absolute Gasteiger partial charge is 0.111 e. The highest BCUT2D eigenvalue weighted by atomic mass is 16.4. The average molecular weight is 477 g/mol. The lowest BCUT2D eigenvalue weighted by Crippen LogP contribution is -2.57. The van der Waals surface area contributed by atoms with Crippen LogP contribution in [0.25, 0.3) is 0 Å². The van der Waals surface area contributed by atoms with Gasteiger partial charge in [0.25, 0.3) is 0 Å². The zero-order valence-corrected chi connectivity index (χ0v) is 22.7. The average Bonchev–Trinajstić information content (AvgIpc) is 3.37. The molecule has 4 N–H and O–H groups in total. The Bertz CT molecular complexity index is 808. The summed E-state index contributed by atoms with van der Waals surface area (Å²) in [6, 6.07) is 0. The van der Waals surface area contributed by atoms with E-state index in [0.717, 1.165) is 18.8 Å². The lowest BCUT2D eigenvalue weighted by atomic mass is 9.41. The fourth-order valence-corrected chi connectivity index (χ4v) is 11.3. The van der Waals surface area contributed by atoms with Gasteiger partial charge < -0.3 is 20.4 Å². The van der Waals surface area contributed by atoms with Gasteiger partial charge in [-0.3, -0.25) is 0 Å². The van der Waals surface area contributed by atoms with Crippen molar-refractivity contribution in [2.75, 3.05) is 6.61 Å². The second-order valence-electron chi connectivity index (χ2n) is 15.1. The molecule has 0 heterocycles. The van der Waals surface area contributed by atoms with Gasteiger partial charge >= 0.3 is 0 Å². The van der Waals surface area contributed by atoms with Crippen molar-refractivity contribution in [1.82, 2.24) is 0 Å². The second kappa shape index (κ2) is 7.68. The lowest BCUT2D eigenvalue weighted by Gasteiger charge is -2.63. The zero-order chi connectivity index (χ0) is 24.9. The van der Waals surface area contributed by atoms with Gasteiger partial charge in [0.15, 0.2) is 0 Å². The van der Waals surface area contributed by atoms with E-state index in [1.165, 1.54) is 58.3 Å². The third kappa shape index (κ3) is 3.04. The summed E-state index contributed by atoms with van der Waals surface area (Å²) >= 11 is 0. The molecule has 0 bridgehead atoms. The van der Waals surface area contributed by atoms with E-state index in [0.29, 0.717) is 45.8 Å². The largest absolute Gasteiger partial charge is 0.393 e. The highest BCUT2D eigenvalue weighted by Crippen LogP contribution is 2.89. The Morgan fingerprint density at radius 2 is 1.50 bits per heavy atom. The van der Waals surface area contributed by atoms with Crippen LogP contribution in [0.2, 0.25) is 0 Å². The van der Waals surface area contributed by atoms with E-state index in [1.807, 2.05) is 0 Å². The van der Waals surface area contributed by atoms with E-state index in [1.54, 1.807) is 0 Å². The molecule has 0 saturated heterocycles. The number of hydrogen-bond acceptors (Lipinski definition) is 4. The van der Waals surface area contributed by atoms with Gasteiger partial charge in [0.05, 0.1) is 18.8 Å². The van der Waals surface area contributed by atoms with Gasteiger partial charge in [0.1, 0.15) is 5.60 Å². The molecule has 0 aromatic rings. The quantitative estimate of drug-likeness (QED) is 0.419. The predicted molar refractivity (Wildman–Crippen MR) is 135 cm³/mol. The number of rotatable bonds is 6. The number of hydrogen-bond donors (Lipinski definition) is 4. The van der Waals surface area contributed by atoms with Gasteiger partial charge in [-0.05, 0) is 128 Å². The van der Waals surface area contributed by atoms with Crippen LogP contribution in [0.5, 0.6) is 0 Å². The molecule has 0 unspecified atom stereocenters. The minimum Gasteiger partial charge on any atom is -0.393 e. The number of aliphatic hydroxyl groups excluding tert-OH is 3. The molecule has 0 amide bonds. The molecule has 0 aromatic carbocycles. The molecule has 11 atom stereocenters. The van der Waals surface area contributed by atoms with Crippen LogP contribution in [-0.2, 0) is 0 Å². The fraction of sp³-hybridized carbons (Fsp3) is 1.00. The van der Waals surface area contributed by atoms with Crippen molar-refractivity contribution in [1.29, 1.82) is 0 Å². The van der Waals surface area contributed by atoms with E-state index in [-0.39, 0.29) is 11.5 Å². The van der Waals surface area contributed by atoms with Crippen molar-refractivity contribution in [3.8, 4) is 0 Å². The maximum absolute atomic E-state index is 10.8. The summed E-state index contributed by atoms with van der Waals surface area (Å²) in [6.45, 7) is 13.4. The van der Waals surface area contributed by atoms with Crippen LogP contribution in [0.3, 0.4) is 0 Å². The Hall–Kier alpha value is -0.160. The zero-order valence-electron chi connectivity index (χ0n) is 22.7. The van der Waals surface area contributed by atoms with Crippen LogP contribution in [0.4, 0.5) is 0 Å². The summed E-state index contributed by atoms with van der Waals surface area (Å²) in [5.41, 5.74) is 0.382. The van der Waals surface area contributed by atoms with Gasteiger partial charge in [-0.15, -0.1) is 0 Å². The minimum atomic E-state index is -1.41. The highest BCUT2D eigenvalue weighted by molar-refractivity contribution is 5.30. The summed E-state index contributed by atoms with van der Waals surface area (Å²) in [5.74, 6) is 2.68. The number of fused-ring (bicyclic) bond motifs is 2. The normalized spacial score (nSPS) is 52.4. The van der Waals surface area contributed by atoms with E-state index in [2.05, 4.69) is 34.6 Å².